The molecule has 0 aromatic heterocycles. The first-order valence-electron chi connectivity index (χ1n) is 18.1. The number of halogens is 5. The molecule has 0 spiro atoms. The van der Waals surface area contributed by atoms with Crippen molar-refractivity contribution >= 4 is 18.0 Å². The molecule has 14 nitrogen and oxygen atoms in total. The van der Waals surface area contributed by atoms with Gasteiger partial charge in [-0.25, -0.2) is 22.8 Å². The van der Waals surface area contributed by atoms with Gasteiger partial charge in [-0.05, 0) is 47.0 Å². The van der Waals surface area contributed by atoms with Crippen molar-refractivity contribution in [3.63, 3.8) is 0 Å². The summed E-state index contributed by atoms with van der Waals surface area (Å²) in [6.45, 7) is 2.62. The highest BCUT2D eigenvalue weighted by Gasteiger charge is 2.33. The highest BCUT2D eigenvalue weighted by molar-refractivity contribution is 5.83. The Bertz CT molecular complexity index is 1790. The molecule has 1 aliphatic carbocycles. The minimum atomic E-state index is -2.43. The van der Waals surface area contributed by atoms with Crippen LogP contribution in [0.3, 0.4) is 0 Å². The zero-order valence-electron chi connectivity index (χ0n) is 30.8. The first kappa shape index (κ1) is 44.4. The lowest BCUT2D eigenvalue weighted by Crippen LogP contribution is -2.44. The number of unbranched alkanes of at least 4 members (excludes halogenated alkanes) is 1. The van der Waals surface area contributed by atoms with E-state index in [-0.39, 0.29) is 77.0 Å². The van der Waals surface area contributed by atoms with E-state index in [0.29, 0.717) is 33.0 Å². The monoisotopic (exact) mass is 807 g/mol. The molecule has 19 heteroatoms. The maximum Gasteiger partial charge on any atom is 0.407 e. The van der Waals surface area contributed by atoms with Crippen LogP contribution in [0.25, 0.3) is 21.6 Å². The molecule has 1 atom stereocenters. The zero-order chi connectivity index (χ0) is 41.0. The summed E-state index contributed by atoms with van der Waals surface area (Å²) in [5, 5.41) is 8.29. The van der Waals surface area contributed by atoms with E-state index < -0.39 is 52.9 Å². The number of rotatable bonds is 25. The third kappa shape index (κ3) is 13.4. The Morgan fingerprint density at radius 3 is 1.82 bits per heavy atom. The topological polar surface area (TPSA) is 179 Å². The van der Waals surface area contributed by atoms with Gasteiger partial charge < -0.3 is 39.1 Å². The summed E-state index contributed by atoms with van der Waals surface area (Å²) in [5.41, 5.74) is 11.9. The van der Waals surface area contributed by atoms with Crippen LogP contribution in [-0.2, 0) is 33.3 Å². The average Bonchev–Trinajstić information content (AvgIpc) is 3.54. The van der Waals surface area contributed by atoms with Gasteiger partial charge in [-0.15, -0.1) is 0 Å². The maximum absolute atomic E-state index is 14.3. The predicted molar refractivity (Wildman–Crippen MR) is 193 cm³/mol. The van der Waals surface area contributed by atoms with Crippen molar-refractivity contribution in [3.8, 4) is 16.9 Å². The quantitative estimate of drug-likeness (QED) is 0.0115. The first-order valence-corrected chi connectivity index (χ1v) is 18.1. The van der Waals surface area contributed by atoms with Gasteiger partial charge in [0.1, 0.15) is 12.6 Å². The molecular formula is C38H42F5N5O9. The molecule has 4 rings (SSSR count). The molecule has 2 amide bonds. The molecule has 57 heavy (non-hydrogen) atoms. The number of alkyl carbamates (subject to hydrolysis) is 1. The minimum Gasteiger partial charge on any atom is -0.449 e. The largest absolute Gasteiger partial charge is 0.449 e. The highest BCUT2D eigenvalue weighted by Crippen LogP contribution is 2.44. The van der Waals surface area contributed by atoms with Gasteiger partial charge in [-0.3, -0.25) is 4.79 Å². The summed E-state index contributed by atoms with van der Waals surface area (Å²) in [7, 11) is 0. The molecule has 3 aromatic carbocycles. The summed E-state index contributed by atoms with van der Waals surface area (Å²) >= 11 is 0. The van der Waals surface area contributed by atoms with Crippen LogP contribution in [-0.4, -0.2) is 96.6 Å². The second-order valence-corrected chi connectivity index (χ2v) is 12.3. The average molecular weight is 808 g/mol. The molecule has 1 aliphatic rings. The van der Waals surface area contributed by atoms with E-state index in [1.54, 1.807) is 0 Å². The number of fused-ring (bicyclic) bond motifs is 3. The molecule has 0 bridgehead atoms. The fraction of sp³-hybridized carbons (Fsp3) is 0.447. The second kappa shape index (κ2) is 23.7. The van der Waals surface area contributed by atoms with Gasteiger partial charge in [-0.2, -0.15) is 8.78 Å². The normalized spacial score (nSPS) is 12.3. The Morgan fingerprint density at radius 2 is 1.25 bits per heavy atom. The van der Waals surface area contributed by atoms with E-state index in [9.17, 15) is 36.3 Å². The molecule has 0 radical (unpaired) electrons. The summed E-state index contributed by atoms with van der Waals surface area (Å²) in [6, 6.07) is 13.5. The molecular weight excluding hydrogens is 765 g/mol. The lowest BCUT2D eigenvalue weighted by Gasteiger charge is -2.19. The Labute approximate surface area is 324 Å². The second-order valence-electron chi connectivity index (χ2n) is 12.3. The number of nitrogens with zero attached hydrogens (tertiary/aromatic N) is 3. The van der Waals surface area contributed by atoms with Gasteiger partial charge >= 0.3 is 12.1 Å². The van der Waals surface area contributed by atoms with Crippen molar-refractivity contribution in [1.29, 1.82) is 0 Å². The molecule has 0 aliphatic heterocycles. The molecule has 0 fully saturated rings. The first-order chi connectivity index (χ1) is 27.6. The smallest absolute Gasteiger partial charge is 0.407 e. The van der Waals surface area contributed by atoms with Gasteiger partial charge in [0.2, 0.25) is 40.7 Å². The molecule has 308 valence electrons. The van der Waals surface area contributed by atoms with Crippen LogP contribution in [0.4, 0.5) is 26.7 Å². The Morgan fingerprint density at radius 1 is 0.719 bits per heavy atom. The van der Waals surface area contributed by atoms with Crippen LogP contribution >= 0.6 is 0 Å². The SMILES string of the molecule is [N-]=[N+]=NCCOCCOCCOCCOCCC(=O)NCCCC[C@@H](NC(=O)OCC1c2ccccc2-c2ccccc21)C(=O)Oc1c(F)c(F)c(F)c(F)c1F. The van der Waals surface area contributed by atoms with Crippen LogP contribution in [0.1, 0.15) is 42.7 Å². The van der Waals surface area contributed by atoms with E-state index in [0.717, 1.165) is 22.3 Å². The van der Waals surface area contributed by atoms with Crippen LogP contribution in [0, 0.1) is 29.1 Å². The van der Waals surface area contributed by atoms with E-state index in [1.165, 1.54) is 0 Å². The van der Waals surface area contributed by atoms with Crippen molar-refractivity contribution in [2.24, 2.45) is 5.11 Å². The summed E-state index contributed by atoms with van der Waals surface area (Å²) in [5.74, 6) is -15.8. The van der Waals surface area contributed by atoms with E-state index in [4.69, 9.17) is 29.2 Å². The maximum atomic E-state index is 14.3. The van der Waals surface area contributed by atoms with Gasteiger partial charge in [0.15, 0.2) is 0 Å². The lowest BCUT2D eigenvalue weighted by molar-refractivity contribution is -0.137. The predicted octanol–water partition coefficient (Wildman–Crippen LogP) is 6.25. The Kier molecular flexibility index (Phi) is 18.4. The third-order valence-corrected chi connectivity index (χ3v) is 8.52. The molecule has 0 unspecified atom stereocenters. The van der Waals surface area contributed by atoms with Crippen LogP contribution in [0.2, 0.25) is 0 Å². The lowest BCUT2D eigenvalue weighted by atomic mass is 9.98. The minimum absolute atomic E-state index is 0.0446. The third-order valence-electron chi connectivity index (χ3n) is 8.52. The number of hydrogen-bond donors (Lipinski definition) is 2. The van der Waals surface area contributed by atoms with Crippen LogP contribution in [0.5, 0.6) is 5.75 Å². The van der Waals surface area contributed by atoms with Crippen LogP contribution < -0.4 is 15.4 Å². The molecule has 2 N–H and O–H groups in total. The van der Waals surface area contributed by atoms with Crippen molar-refractivity contribution in [3.05, 3.63) is 99.2 Å². The molecule has 0 saturated carbocycles. The number of amides is 2. The van der Waals surface area contributed by atoms with Crippen molar-refractivity contribution in [2.45, 2.75) is 37.6 Å². The van der Waals surface area contributed by atoms with Gasteiger partial charge in [0.05, 0.1) is 52.9 Å². The number of benzene rings is 3. The van der Waals surface area contributed by atoms with Gasteiger partial charge in [0.25, 0.3) is 0 Å². The number of nitrogens with one attached hydrogen (secondary N) is 2. The number of azide groups is 1. The van der Waals surface area contributed by atoms with Crippen molar-refractivity contribution in [2.75, 3.05) is 72.6 Å². The van der Waals surface area contributed by atoms with Gasteiger partial charge in [-0.1, -0.05) is 53.6 Å². The number of carbonyl (C=O) groups is 3. The number of hydrogen-bond acceptors (Lipinski definition) is 10. The fourth-order valence-electron chi connectivity index (χ4n) is 5.74. The molecule has 0 heterocycles. The fourth-order valence-corrected chi connectivity index (χ4v) is 5.74. The zero-order valence-corrected chi connectivity index (χ0v) is 30.8. The highest BCUT2D eigenvalue weighted by atomic mass is 19.2. The summed E-state index contributed by atoms with van der Waals surface area (Å²) < 4.78 is 101. The number of esters is 1. The Balaban J connectivity index is 1.19. The van der Waals surface area contributed by atoms with E-state index in [1.807, 2.05) is 48.5 Å². The number of ether oxygens (including phenoxy) is 6. The standard InChI is InChI=1S/C38H42F5N5O9/c39-31-32(40)34(42)36(35(43)33(31)41)57-37(50)29(47-38(51)56-23-28-26-9-3-1-7-24(26)25-8-2-4-10-27(25)28)11-5-6-13-45-30(49)12-15-52-17-19-54-21-22-55-20-18-53-16-14-46-48-44/h1-4,7-10,28-29H,5-6,11-23H2,(H,45,49)(H,47,51)/t29-/m1/s1. The van der Waals surface area contributed by atoms with E-state index in [2.05, 4.69) is 25.4 Å². The molecule has 0 saturated heterocycles. The molecule has 3 aromatic rings. The van der Waals surface area contributed by atoms with Gasteiger partial charge in [0, 0.05) is 30.3 Å². The summed E-state index contributed by atoms with van der Waals surface area (Å²) in [6.07, 6.45) is -0.852. The number of carbonyl (C=O) groups excluding carboxylic acids is 3. The van der Waals surface area contributed by atoms with Crippen molar-refractivity contribution in [1.82, 2.24) is 10.6 Å². The van der Waals surface area contributed by atoms with Crippen LogP contribution in [0.15, 0.2) is 53.6 Å². The Hall–Kier alpha value is -5.33. The van der Waals surface area contributed by atoms with Crippen molar-refractivity contribution < 1.29 is 64.8 Å². The van der Waals surface area contributed by atoms with E-state index >= 15 is 0 Å². The summed E-state index contributed by atoms with van der Waals surface area (Å²) in [4.78, 5) is 40.9.